The molecule has 38 heavy (non-hydrogen) atoms. The zero-order valence-electron chi connectivity index (χ0n) is 22.9. The number of sulfonamides is 1. The van der Waals surface area contributed by atoms with Crippen molar-refractivity contribution in [3.8, 4) is 0 Å². The van der Waals surface area contributed by atoms with E-state index in [-0.39, 0.29) is 18.1 Å². The smallest absolute Gasteiger partial charge is 0.409 e. The minimum absolute atomic E-state index is 0.0891. The van der Waals surface area contributed by atoms with E-state index in [4.69, 9.17) is 4.74 Å². The standard InChI is InChI=1S/C30H43N3O4S/c1-31(38(35,36)29-16-10-5-11-17-29)24-26(25-12-6-3-7-13-25)18-21-32-22-19-28(20-23-32)33(30(34)37-2)27-14-8-4-9-15-27/h3,5-7,10-13,16-17,26-28H,4,8-9,14-15,18-24H2,1-2H3. The van der Waals surface area contributed by atoms with Gasteiger partial charge in [0, 0.05) is 38.8 Å². The molecule has 2 aromatic rings. The fourth-order valence-corrected chi connectivity index (χ4v) is 7.33. The lowest BCUT2D eigenvalue weighted by Gasteiger charge is -2.43. The van der Waals surface area contributed by atoms with Crippen molar-refractivity contribution >= 4 is 16.1 Å². The molecule has 0 bridgehead atoms. The lowest BCUT2D eigenvalue weighted by Crippen LogP contribution is -2.52. The van der Waals surface area contributed by atoms with E-state index < -0.39 is 10.0 Å². The summed E-state index contributed by atoms with van der Waals surface area (Å²) < 4.78 is 33.1. The highest BCUT2D eigenvalue weighted by molar-refractivity contribution is 7.89. The molecule has 2 aliphatic rings. The van der Waals surface area contributed by atoms with Crippen molar-refractivity contribution < 1.29 is 17.9 Å². The maximum atomic E-state index is 13.2. The van der Waals surface area contributed by atoms with Crippen LogP contribution in [0.3, 0.4) is 0 Å². The van der Waals surface area contributed by atoms with Gasteiger partial charge in [0.15, 0.2) is 0 Å². The minimum atomic E-state index is -3.55. The zero-order chi connectivity index (χ0) is 27.0. The number of carbonyl (C=O) groups excluding carboxylic acids is 1. The average molecular weight is 542 g/mol. The van der Waals surface area contributed by atoms with Crippen LogP contribution in [0.2, 0.25) is 0 Å². The van der Waals surface area contributed by atoms with Crippen molar-refractivity contribution in [1.29, 1.82) is 0 Å². The number of rotatable bonds is 10. The summed E-state index contributed by atoms with van der Waals surface area (Å²) in [6.07, 6.45) is 8.37. The number of methoxy groups -OCH3 is 1. The molecule has 208 valence electrons. The summed E-state index contributed by atoms with van der Waals surface area (Å²) >= 11 is 0. The van der Waals surface area contributed by atoms with E-state index in [1.54, 1.807) is 31.3 Å². The van der Waals surface area contributed by atoms with Gasteiger partial charge in [-0.2, -0.15) is 0 Å². The summed E-state index contributed by atoms with van der Waals surface area (Å²) in [5.74, 6) is 0.0891. The molecule has 1 heterocycles. The number of hydrogen-bond donors (Lipinski definition) is 0. The van der Waals surface area contributed by atoms with E-state index in [0.717, 1.165) is 57.3 Å². The van der Waals surface area contributed by atoms with Crippen molar-refractivity contribution in [2.45, 2.75) is 74.3 Å². The molecular weight excluding hydrogens is 498 g/mol. The zero-order valence-corrected chi connectivity index (χ0v) is 23.7. The molecular formula is C30H43N3O4S. The van der Waals surface area contributed by atoms with Crippen LogP contribution < -0.4 is 0 Å². The fourth-order valence-electron chi connectivity index (χ4n) is 6.09. The summed E-state index contributed by atoms with van der Waals surface area (Å²) in [6, 6.07) is 19.4. The first kappa shape index (κ1) is 28.6. The first-order valence-electron chi connectivity index (χ1n) is 14.0. The third-order valence-corrected chi connectivity index (χ3v) is 10.1. The first-order valence-corrected chi connectivity index (χ1v) is 15.5. The van der Waals surface area contributed by atoms with E-state index >= 15 is 0 Å². The van der Waals surface area contributed by atoms with Gasteiger partial charge in [0.25, 0.3) is 0 Å². The van der Waals surface area contributed by atoms with Crippen molar-refractivity contribution in [3.63, 3.8) is 0 Å². The van der Waals surface area contributed by atoms with Gasteiger partial charge in [0.05, 0.1) is 12.0 Å². The Balaban J connectivity index is 1.37. The topological polar surface area (TPSA) is 70.2 Å². The number of carbonyl (C=O) groups is 1. The van der Waals surface area contributed by atoms with Crippen molar-refractivity contribution in [2.24, 2.45) is 0 Å². The van der Waals surface area contributed by atoms with Crippen LogP contribution in [0.25, 0.3) is 0 Å². The van der Waals surface area contributed by atoms with Crippen molar-refractivity contribution in [1.82, 2.24) is 14.1 Å². The van der Waals surface area contributed by atoms with E-state index in [1.165, 1.54) is 30.7 Å². The number of likely N-dealkylation sites (N-methyl/N-ethyl adjacent to an activating group) is 1. The van der Waals surface area contributed by atoms with Crippen molar-refractivity contribution in [2.75, 3.05) is 40.3 Å². The number of ether oxygens (including phenoxy) is 1. The van der Waals surface area contributed by atoms with Crippen LogP contribution in [0.15, 0.2) is 65.6 Å². The predicted molar refractivity (Wildman–Crippen MR) is 151 cm³/mol. The van der Waals surface area contributed by atoms with Gasteiger partial charge in [-0.25, -0.2) is 17.5 Å². The highest BCUT2D eigenvalue weighted by Gasteiger charge is 2.34. The molecule has 7 nitrogen and oxygen atoms in total. The van der Waals surface area contributed by atoms with E-state index in [9.17, 15) is 13.2 Å². The molecule has 2 fully saturated rings. The fraction of sp³-hybridized carbons (Fsp3) is 0.567. The predicted octanol–water partition coefficient (Wildman–Crippen LogP) is 5.35. The molecule has 4 rings (SSSR count). The van der Waals surface area contributed by atoms with Crippen LogP contribution in [-0.2, 0) is 14.8 Å². The second-order valence-electron chi connectivity index (χ2n) is 10.7. The summed E-state index contributed by atoms with van der Waals surface area (Å²) in [4.78, 5) is 17.5. The number of nitrogens with zero attached hydrogens (tertiary/aromatic N) is 3. The van der Waals surface area contributed by atoms with Gasteiger partial charge in [0.1, 0.15) is 0 Å². The monoisotopic (exact) mass is 541 g/mol. The van der Waals surface area contributed by atoms with Crippen LogP contribution in [0.5, 0.6) is 0 Å². The molecule has 1 aliphatic carbocycles. The van der Waals surface area contributed by atoms with Crippen LogP contribution in [0.1, 0.15) is 62.8 Å². The van der Waals surface area contributed by atoms with Crippen LogP contribution in [0.4, 0.5) is 4.79 Å². The molecule has 0 spiro atoms. The van der Waals surface area contributed by atoms with E-state index in [1.807, 2.05) is 29.2 Å². The molecule has 1 aliphatic heterocycles. The second kappa shape index (κ2) is 13.6. The molecule has 1 amide bonds. The lowest BCUT2D eigenvalue weighted by atomic mass is 9.91. The Hall–Kier alpha value is -2.42. The van der Waals surface area contributed by atoms with E-state index in [0.29, 0.717) is 17.5 Å². The molecule has 1 unspecified atom stereocenters. The van der Waals surface area contributed by atoms with Crippen molar-refractivity contribution in [3.05, 3.63) is 66.2 Å². The number of amides is 1. The Labute approximate surface area is 228 Å². The summed E-state index contributed by atoms with van der Waals surface area (Å²) in [6.45, 7) is 3.19. The number of benzene rings is 2. The molecule has 0 N–H and O–H groups in total. The molecule has 1 saturated heterocycles. The normalized spacial score (nSPS) is 18.8. The SMILES string of the molecule is COC(=O)N(C1CCCCC1)C1CCN(CCC(CN(C)S(=O)(=O)c2ccccc2)c2ccccc2)CC1. The number of likely N-dealkylation sites (tertiary alicyclic amines) is 1. The minimum Gasteiger partial charge on any atom is -0.453 e. The lowest BCUT2D eigenvalue weighted by molar-refractivity contribution is 0.0445. The van der Waals surface area contributed by atoms with Gasteiger partial charge in [-0.1, -0.05) is 67.8 Å². The largest absolute Gasteiger partial charge is 0.453 e. The van der Waals surface area contributed by atoms with Gasteiger partial charge in [-0.05, 0) is 62.3 Å². The van der Waals surface area contributed by atoms with Gasteiger partial charge in [-0.3, -0.25) is 0 Å². The third-order valence-electron chi connectivity index (χ3n) is 8.30. The Bertz CT molecular complexity index is 1100. The quantitative estimate of drug-likeness (QED) is 0.406. The van der Waals surface area contributed by atoms with Crippen LogP contribution in [-0.4, -0.2) is 81.0 Å². The summed E-state index contributed by atoms with van der Waals surface area (Å²) in [5.41, 5.74) is 1.16. The van der Waals surface area contributed by atoms with Crippen LogP contribution >= 0.6 is 0 Å². The van der Waals surface area contributed by atoms with Crippen LogP contribution in [0, 0.1) is 0 Å². The summed E-state index contributed by atoms with van der Waals surface area (Å²) in [7, 11) is -0.384. The molecule has 1 saturated carbocycles. The maximum absolute atomic E-state index is 13.2. The Morgan fingerprint density at radius 3 is 2.11 bits per heavy atom. The third kappa shape index (κ3) is 7.16. The Morgan fingerprint density at radius 1 is 0.921 bits per heavy atom. The molecule has 1 atom stereocenters. The average Bonchev–Trinajstić information content (AvgIpc) is 2.97. The van der Waals surface area contributed by atoms with Gasteiger partial charge in [-0.15, -0.1) is 0 Å². The Morgan fingerprint density at radius 2 is 1.50 bits per heavy atom. The second-order valence-corrected chi connectivity index (χ2v) is 12.8. The number of hydrogen-bond acceptors (Lipinski definition) is 5. The molecule has 8 heteroatoms. The molecule has 0 radical (unpaired) electrons. The van der Waals surface area contributed by atoms with Gasteiger partial charge < -0.3 is 14.5 Å². The van der Waals surface area contributed by atoms with Gasteiger partial charge in [0.2, 0.25) is 10.0 Å². The summed E-state index contributed by atoms with van der Waals surface area (Å²) in [5, 5.41) is 0. The number of piperidine rings is 1. The first-order chi connectivity index (χ1) is 18.4. The highest BCUT2D eigenvalue weighted by Crippen LogP contribution is 2.29. The maximum Gasteiger partial charge on any atom is 0.409 e. The molecule has 0 aromatic heterocycles. The Kier molecular flexibility index (Phi) is 10.2. The highest BCUT2D eigenvalue weighted by atomic mass is 32.2. The van der Waals surface area contributed by atoms with E-state index in [2.05, 4.69) is 17.0 Å². The molecule has 2 aromatic carbocycles. The van der Waals surface area contributed by atoms with Gasteiger partial charge >= 0.3 is 6.09 Å².